The van der Waals surface area contributed by atoms with Crippen LogP contribution in [-0.4, -0.2) is 20.3 Å². The van der Waals surface area contributed by atoms with Crippen LogP contribution in [0.15, 0.2) is 18.2 Å². The summed E-state index contributed by atoms with van der Waals surface area (Å²) in [6.07, 6.45) is -0.428. The summed E-state index contributed by atoms with van der Waals surface area (Å²) < 4.78 is 9.90. The molecule has 0 radical (unpaired) electrons. The maximum atomic E-state index is 11.0. The van der Waals surface area contributed by atoms with Gasteiger partial charge in [0.2, 0.25) is 0 Å². The second-order valence-corrected chi connectivity index (χ2v) is 5.13. The summed E-state index contributed by atoms with van der Waals surface area (Å²) in [6.45, 7) is 6.83. The minimum Gasteiger partial charge on any atom is -0.496 e. The van der Waals surface area contributed by atoms with Gasteiger partial charge in [-0.15, -0.1) is 0 Å². The van der Waals surface area contributed by atoms with Gasteiger partial charge in [0, 0.05) is 6.54 Å². The van der Waals surface area contributed by atoms with Crippen LogP contribution in [0.25, 0.3) is 0 Å². The molecule has 0 spiro atoms. The fourth-order valence-electron chi connectivity index (χ4n) is 1.70. The predicted octanol–water partition coefficient (Wildman–Crippen LogP) is 2.85. The van der Waals surface area contributed by atoms with E-state index in [-0.39, 0.29) is 5.41 Å². The van der Waals surface area contributed by atoms with Crippen LogP contribution >= 0.6 is 0 Å². The lowest BCUT2D eigenvalue weighted by molar-refractivity contribution is 0.170. The number of hydrogen-bond acceptors (Lipinski definition) is 3. The lowest BCUT2D eigenvalue weighted by Gasteiger charge is -2.23. The minimum absolute atomic E-state index is 0.00732. The Kier molecular flexibility index (Phi) is 4.59. The van der Waals surface area contributed by atoms with Crippen LogP contribution in [0.2, 0.25) is 0 Å². The summed E-state index contributed by atoms with van der Waals surface area (Å²) in [7, 11) is 3.01. The van der Waals surface area contributed by atoms with Crippen LogP contribution in [0.3, 0.4) is 0 Å². The summed E-state index contributed by atoms with van der Waals surface area (Å²) in [4.78, 5) is 11.0. The molecule has 0 aromatic heterocycles. The standard InChI is InChI=1S/C14H21NO3/c1-14(2,3)11-8-10(6-7-12(11)17-4)9-15-13(16)18-5/h6-8H,9H2,1-5H3,(H,15,16). The summed E-state index contributed by atoms with van der Waals surface area (Å²) in [5.74, 6) is 0.865. The van der Waals surface area contributed by atoms with Crippen molar-refractivity contribution in [3.8, 4) is 5.75 Å². The number of rotatable bonds is 3. The Labute approximate surface area is 108 Å². The number of carbonyl (C=O) groups excluding carboxylic acids is 1. The molecule has 0 unspecified atom stereocenters. The third kappa shape index (κ3) is 3.65. The Balaban J connectivity index is 2.93. The van der Waals surface area contributed by atoms with Crippen LogP contribution < -0.4 is 10.1 Å². The van der Waals surface area contributed by atoms with Crippen molar-refractivity contribution in [2.45, 2.75) is 32.7 Å². The van der Waals surface area contributed by atoms with E-state index in [0.29, 0.717) is 6.54 Å². The number of hydrogen-bond donors (Lipinski definition) is 1. The van der Waals surface area contributed by atoms with Gasteiger partial charge in [0.05, 0.1) is 14.2 Å². The highest BCUT2D eigenvalue weighted by Crippen LogP contribution is 2.31. The number of carbonyl (C=O) groups is 1. The van der Waals surface area contributed by atoms with Crippen LogP contribution in [0.4, 0.5) is 4.79 Å². The van der Waals surface area contributed by atoms with Gasteiger partial charge in [-0.05, 0) is 28.7 Å². The van der Waals surface area contributed by atoms with Gasteiger partial charge in [-0.2, -0.15) is 0 Å². The van der Waals surface area contributed by atoms with E-state index < -0.39 is 6.09 Å². The molecule has 1 rings (SSSR count). The monoisotopic (exact) mass is 251 g/mol. The maximum absolute atomic E-state index is 11.0. The number of methoxy groups -OCH3 is 2. The lowest BCUT2D eigenvalue weighted by atomic mass is 9.85. The predicted molar refractivity (Wildman–Crippen MR) is 70.9 cm³/mol. The van der Waals surface area contributed by atoms with Gasteiger partial charge in [0.15, 0.2) is 0 Å². The van der Waals surface area contributed by atoms with E-state index in [1.807, 2.05) is 12.1 Å². The van der Waals surface area contributed by atoms with Gasteiger partial charge in [-0.25, -0.2) is 4.79 Å². The van der Waals surface area contributed by atoms with Crippen molar-refractivity contribution in [1.82, 2.24) is 5.32 Å². The van der Waals surface area contributed by atoms with Gasteiger partial charge in [-0.1, -0.05) is 26.8 Å². The number of ether oxygens (including phenoxy) is 2. The lowest BCUT2D eigenvalue weighted by Crippen LogP contribution is -2.22. The second-order valence-electron chi connectivity index (χ2n) is 5.13. The third-order valence-electron chi connectivity index (χ3n) is 2.69. The Hall–Kier alpha value is -1.71. The van der Waals surface area contributed by atoms with Crippen LogP contribution in [0.1, 0.15) is 31.9 Å². The topological polar surface area (TPSA) is 47.6 Å². The molecule has 0 aliphatic carbocycles. The van der Waals surface area contributed by atoms with Gasteiger partial charge < -0.3 is 14.8 Å². The van der Waals surface area contributed by atoms with Crippen LogP contribution in [0, 0.1) is 0 Å². The van der Waals surface area contributed by atoms with E-state index in [1.165, 1.54) is 7.11 Å². The Morgan fingerprint density at radius 1 is 1.28 bits per heavy atom. The van der Waals surface area contributed by atoms with Crippen molar-refractivity contribution < 1.29 is 14.3 Å². The SMILES string of the molecule is COC(=O)NCc1ccc(OC)c(C(C)(C)C)c1. The molecule has 1 amide bonds. The summed E-state index contributed by atoms with van der Waals surface area (Å²) in [5.41, 5.74) is 2.13. The normalized spacial score (nSPS) is 10.9. The van der Waals surface area contributed by atoms with Crippen molar-refractivity contribution in [1.29, 1.82) is 0 Å². The first-order valence-corrected chi connectivity index (χ1v) is 5.87. The Bertz CT molecular complexity index is 422. The molecule has 0 aliphatic heterocycles. The Morgan fingerprint density at radius 3 is 2.44 bits per heavy atom. The van der Waals surface area contributed by atoms with E-state index in [0.717, 1.165) is 16.9 Å². The highest BCUT2D eigenvalue weighted by atomic mass is 16.5. The molecule has 0 atom stereocenters. The van der Waals surface area contributed by atoms with E-state index in [4.69, 9.17) is 4.74 Å². The van der Waals surface area contributed by atoms with Crippen molar-refractivity contribution in [3.63, 3.8) is 0 Å². The summed E-state index contributed by atoms with van der Waals surface area (Å²) >= 11 is 0. The van der Waals surface area contributed by atoms with E-state index in [2.05, 4.69) is 36.9 Å². The number of nitrogens with one attached hydrogen (secondary N) is 1. The number of benzene rings is 1. The van der Waals surface area contributed by atoms with Gasteiger partial charge in [0.1, 0.15) is 5.75 Å². The molecule has 18 heavy (non-hydrogen) atoms. The molecule has 0 saturated carbocycles. The summed E-state index contributed by atoms with van der Waals surface area (Å²) in [5, 5.41) is 2.66. The Morgan fingerprint density at radius 2 is 1.94 bits per heavy atom. The number of amides is 1. The fraction of sp³-hybridized carbons (Fsp3) is 0.500. The molecule has 4 heteroatoms. The fourth-order valence-corrected chi connectivity index (χ4v) is 1.70. The molecule has 0 heterocycles. The van der Waals surface area contributed by atoms with Crippen molar-refractivity contribution in [3.05, 3.63) is 29.3 Å². The zero-order valence-electron chi connectivity index (χ0n) is 11.7. The highest BCUT2D eigenvalue weighted by Gasteiger charge is 2.19. The molecule has 1 N–H and O–H groups in total. The zero-order chi connectivity index (χ0) is 13.8. The van der Waals surface area contributed by atoms with E-state index >= 15 is 0 Å². The van der Waals surface area contributed by atoms with Gasteiger partial charge in [0.25, 0.3) is 0 Å². The quantitative estimate of drug-likeness (QED) is 0.898. The van der Waals surface area contributed by atoms with Crippen molar-refractivity contribution in [2.24, 2.45) is 0 Å². The minimum atomic E-state index is -0.428. The van der Waals surface area contributed by atoms with Crippen LogP contribution in [-0.2, 0) is 16.7 Å². The smallest absolute Gasteiger partial charge is 0.407 e. The largest absolute Gasteiger partial charge is 0.496 e. The number of alkyl carbamates (subject to hydrolysis) is 1. The van der Waals surface area contributed by atoms with E-state index in [9.17, 15) is 4.79 Å². The van der Waals surface area contributed by atoms with E-state index in [1.54, 1.807) is 7.11 Å². The molecule has 4 nitrogen and oxygen atoms in total. The first kappa shape index (κ1) is 14.4. The molecule has 0 saturated heterocycles. The average molecular weight is 251 g/mol. The molecule has 0 aliphatic rings. The third-order valence-corrected chi connectivity index (χ3v) is 2.69. The molecule has 0 bridgehead atoms. The van der Waals surface area contributed by atoms with Crippen molar-refractivity contribution in [2.75, 3.05) is 14.2 Å². The maximum Gasteiger partial charge on any atom is 0.407 e. The highest BCUT2D eigenvalue weighted by molar-refractivity contribution is 5.66. The first-order valence-electron chi connectivity index (χ1n) is 5.87. The van der Waals surface area contributed by atoms with Crippen LogP contribution in [0.5, 0.6) is 5.75 Å². The van der Waals surface area contributed by atoms with Gasteiger partial charge >= 0.3 is 6.09 Å². The molecular formula is C14H21NO3. The first-order chi connectivity index (χ1) is 8.38. The molecule has 1 aromatic rings. The zero-order valence-corrected chi connectivity index (χ0v) is 11.7. The van der Waals surface area contributed by atoms with Crippen molar-refractivity contribution >= 4 is 6.09 Å². The molecule has 0 fully saturated rings. The average Bonchev–Trinajstić information content (AvgIpc) is 2.34. The van der Waals surface area contributed by atoms with Gasteiger partial charge in [-0.3, -0.25) is 0 Å². The summed E-state index contributed by atoms with van der Waals surface area (Å²) in [6, 6.07) is 5.91. The molecular weight excluding hydrogens is 230 g/mol. The second kappa shape index (κ2) is 5.76. The molecule has 100 valence electrons. The molecule has 1 aromatic carbocycles.